The number of nitrogens with zero attached hydrogens (tertiary/aromatic N) is 3. The smallest absolute Gasteiger partial charge is 0.229 e. The van der Waals surface area contributed by atoms with Gasteiger partial charge in [0.1, 0.15) is 17.5 Å². The maximum absolute atomic E-state index is 14.8. The number of halogens is 1. The van der Waals surface area contributed by atoms with E-state index in [1.165, 1.54) is 0 Å². The molecule has 5 nitrogen and oxygen atoms in total. The van der Waals surface area contributed by atoms with Crippen molar-refractivity contribution in [1.82, 2.24) is 9.88 Å². The number of hydrogen-bond acceptors (Lipinski definition) is 4. The normalized spacial score (nSPS) is 31.3. The molecule has 1 amide bonds. The number of alkyl halides is 1. The highest BCUT2D eigenvalue weighted by Gasteiger charge is 2.61. The Morgan fingerprint density at radius 1 is 1.19 bits per heavy atom. The van der Waals surface area contributed by atoms with Crippen LogP contribution in [0, 0.1) is 28.6 Å². The summed E-state index contributed by atoms with van der Waals surface area (Å²) in [5, 5.41) is 9.09. The molecule has 0 N–H and O–H groups in total. The molecule has 0 radical (unpaired) electrons. The highest BCUT2D eigenvalue weighted by Crippen LogP contribution is 2.60. The van der Waals surface area contributed by atoms with Gasteiger partial charge in [0.15, 0.2) is 0 Å². The Balaban J connectivity index is 1.31. The van der Waals surface area contributed by atoms with Crippen LogP contribution in [-0.4, -0.2) is 34.1 Å². The van der Waals surface area contributed by atoms with Crippen LogP contribution in [0.15, 0.2) is 36.7 Å². The van der Waals surface area contributed by atoms with Gasteiger partial charge in [-0.3, -0.25) is 9.78 Å². The van der Waals surface area contributed by atoms with Crippen LogP contribution in [0.1, 0.15) is 66.8 Å². The van der Waals surface area contributed by atoms with Crippen molar-refractivity contribution in [1.29, 1.82) is 5.26 Å². The Morgan fingerprint density at radius 3 is 2.75 bits per heavy atom. The molecule has 3 heterocycles. The monoisotopic (exact) mass is 427 g/mol. The molecule has 160 valence electrons. The zero-order chi connectivity index (χ0) is 21.9. The molecule has 2 aliphatic carbocycles. The number of amides is 1. The molecule has 0 unspecified atom stereocenters. The summed E-state index contributed by atoms with van der Waals surface area (Å²) in [7, 11) is 0. The molecule has 6 heteroatoms. The molecule has 0 spiro atoms. The van der Waals surface area contributed by atoms with Crippen molar-refractivity contribution in [2.45, 2.75) is 56.3 Å². The first-order valence-corrected chi connectivity index (χ1v) is 11.2. The predicted octanol–water partition coefficient (Wildman–Crippen LogP) is 4.06. The van der Waals surface area contributed by atoms with Crippen LogP contribution < -0.4 is 4.74 Å². The van der Waals surface area contributed by atoms with Gasteiger partial charge >= 0.3 is 0 Å². The van der Waals surface area contributed by atoms with Gasteiger partial charge < -0.3 is 9.64 Å². The molecule has 2 aliphatic heterocycles. The van der Waals surface area contributed by atoms with Gasteiger partial charge in [0, 0.05) is 29.9 Å². The summed E-state index contributed by atoms with van der Waals surface area (Å²) in [6, 6.07) is 9.17. The number of benzene rings is 1. The molecule has 1 aromatic carbocycles. The Morgan fingerprint density at radius 2 is 2.00 bits per heavy atom. The van der Waals surface area contributed by atoms with Gasteiger partial charge in [0.2, 0.25) is 5.91 Å². The molecular weight excluding hydrogens is 405 g/mol. The van der Waals surface area contributed by atoms with Crippen LogP contribution in [0.2, 0.25) is 0 Å². The van der Waals surface area contributed by atoms with Crippen LogP contribution in [0.4, 0.5) is 4.39 Å². The van der Waals surface area contributed by atoms with Crippen LogP contribution in [0.3, 0.4) is 0 Å². The van der Waals surface area contributed by atoms with E-state index in [9.17, 15) is 9.18 Å². The third kappa shape index (κ3) is 2.90. The summed E-state index contributed by atoms with van der Waals surface area (Å²) in [6.07, 6.45) is 6.76. The fourth-order valence-electron chi connectivity index (χ4n) is 6.03. The summed E-state index contributed by atoms with van der Waals surface area (Å²) in [6.45, 7) is 0.524. The van der Waals surface area contributed by atoms with Gasteiger partial charge in [-0.1, -0.05) is 17.9 Å². The molecule has 1 saturated heterocycles. The third-order valence-corrected chi connectivity index (χ3v) is 7.64. The molecule has 3 fully saturated rings. The number of fused-ring (bicyclic) bond motifs is 6. The fourth-order valence-corrected chi connectivity index (χ4v) is 6.03. The van der Waals surface area contributed by atoms with Crippen LogP contribution in [0.5, 0.6) is 5.75 Å². The summed E-state index contributed by atoms with van der Waals surface area (Å²) in [5.74, 6) is 7.01. The average molecular weight is 427 g/mol. The van der Waals surface area contributed by atoms with Gasteiger partial charge in [-0.25, -0.2) is 4.39 Å². The maximum atomic E-state index is 14.8. The number of ether oxygens (including phenoxy) is 1. The lowest BCUT2D eigenvalue weighted by atomic mass is 9.82. The quantitative estimate of drug-likeness (QED) is 0.644. The van der Waals surface area contributed by atoms with Crippen molar-refractivity contribution in [3.05, 3.63) is 58.9 Å². The zero-order valence-corrected chi connectivity index (χ0v) is 17.6. The lowest BCUT2D eigenvalue weighted by Crippen LogP contribution is -2.41. The molecule has 1 aromatic heterocycles. The molecule has 4 bridgehead atoms. The first kappa shape index (κ1) is 19.3. The van der Waals surface area contributed by atoms with E-state index in [1.807, 2.05) is 11.0 Å². The van der Waals surface area contributed by atoms with Crippen LogP contribution in [-0.2, 0) is 4.79 Å². The van der Waals surface area contributed by atoms with E-state index in [-0.39, 0.29) is 18.1 Å². The van der Waals surface area contributed by atoms with E-state index in [0.717, 1.165) is 17.5 Å². The van der Waals surface area contributed by atoms with Crippen molar-refractivity contribution in [2.75, 3.05) is 6.54 Å². The van der Waals surface area contributed by atoms with Crippen molar-refractivity contribution < 1.29 is 13.9 Å². The number of carbonyl (C=O) groups is 1. The maximum Gasteiger partial charge on any atom is 0.229 e. The number of likely N-dealkylation sites (tertiary alicyclic amines) is 1. The van der Waals surface area contributed by atoms with Crippen molar-refractivity contribution in [3.8, 4) is 23.7 Å². The highest BCUT2D eigenvalue weighted by molar-refractivity contribution is 5.85. The second kappa shape index (κ2) is 6.81. The van der Waals surface area contributed by atoms with E-state index in [0.29, 0.717) is 55.5 Å². The van der Waals surface area contributed by atoms with Gasteiger partial charge in [0.25, 0.3) is 0 Å². The summed E-state index contributed by atoms with van der Waals surface area (Å²) < 4.78 is 21.0. The SMILES string of the molecule is N#Cc1cccc(C#Cc2cncc3c2O[C@H]2C[C@@H]3N(C(=O)C34CCC(F)(CC3)C4)C2)c1. The zero-order valence-electron chi connectivity index (χ0n) is 17.6. The number of rotatable bonds is 1. The van der Waals surface area contributed by atoms with Crippen molar-refractivity contribution >= 4 is 5.91 Å². The lowest BCUT2D eigenvalue weighted by molar-refractivity contribution is -0.142. The standard InChI is InChI=1S/C26H22FN3O2/c27-26-8-6-25(16-26,7-9-26)24(31)30-15-20-11-22(30)21-14-29-13-19(23(21)32-20)5-4-17-2-1-3-18(10-17)12-28/h1-3,10,13-14,20,22H,6-9,11,15-16H2/t20-,22-,25?,26?/m0/s1. The number of aromatic nitrogens is 1. The predicted molar refractivity (Wildman–Crippen MR) is 114 cm³/mol. The van der Waals surface area contributed by atoms with Gasteiger partial charge in [-0.15, -0.1) is 0 Å². The van der Waals surface area contributed by atoms with Gasteiger partial charge in [-0.2, -0.15) is 5.26 Å². The third-order valence-electron chi connectivity index (χ3n) is 7.64. The molecular formula is C26H22FN3O2. The first-order valence-electron chi connectivity index (χ1n) is 11.2. The molecule has 2 atom stereocenters. The highest BCUT2D eigenvalue weighted by atomic mass is 19.1. The van der Waals surface area contributed by atoms with Gasteiger partial charge in [0.05, 0.1) is 35.2 Å². The fraction of sp³-hybridized carbons (Fsp3) is 0.423. The minimum Gasteiger partial charge on any atom is -0.487 e. The summed E-state index contributed by atoms with van der Waals surface area (Å²) in [5.41, 5.74) is 1.17. The Hall–Kier alpha value is -3.38. The van der Waals surface area contributed by atoms with Gasteiger partial charge in [-0.05, 0) is 50.3 Å². The molecule has 6 rings (SSSR count). The molecule has 4 aliphatic rings. The van der Waals surface area contributed by atoms with Crippen LogP contribution in [0.25, 0.3) is 0 Å². The minimum atomic E-state index is -1.15. The Bertz CT molecular complexity index is 1230. The minimum absolute atomic E-state index is 0.0864. The second-order valence-electron chi connectivity index (χ2n) is 9.60. The number of nitriles is 1. The number of carbonyl (C=O) groups excluding carboxylic acids is 1. The number of hydrogen-bond donors (Lipinski definition) is 0. The summed E-state index contributed by atoms with van der Waals surface area (Å²) >= 11 is 0. The second-order valence-corrected chi connectivity index (χ2v) is 9.60. The number of pyridine rings is 1. The molecule has 2 aromatic rings. The molecule has 2 saturated carbocycles. The van der Waals surface area contributed by atoms with E-state index in [2.05, 4.69) is 22.9 Å². The van der Waals surface area contributed by atoms with E-state index in [4.69, 9.17) is 10.00 Å². The van der Waals surface area contributed by atoms with Crippen molar-refractivity contribution in [3.63, 3.8) is 0 Å². The average Bonchev–Trinajstić information content (AvgIpc) is 3.47. The van der Waals surface area contributed by atoms with Crippen molar-refractivity contribution in [2.24, 2.45) is 5.41 Å². The van der Waals surface area contributed by atoms with E-state index >= 15 is 0 Å². The first-order chi connectivity index (χ1) is 15.5. The van der Waals surface area contributed by atoms with E-state index in [1.54, 1.807) is 30.6 Å². The molecule has 32 heavy (non-hydrogen) atoms. The largest absolute Gasteiger partial charge is 0.487 e. The Labute approximate surface area is 186 Å². The Kier molecular flexibility index (Phi) is 4.11. The van der Waals surface area contributed by atoms with E-state index < -0.39 is 11.1 Å². The lowest BCUT2D eigenvalue weighted by Gasteiger charge is -2.33. The van der Waals surface area contributed by atoms with Crippen LogP contribution >= 0.6 is 0 Å². The summed E-state index contributed by atoms with van der Waals surface area (Å²) in [4.78, 5) is 19.9. The topological polar surface area (TPSA) is 66.2 Å².